The number of carbonyl (C=O) groups excluding carboxylic acids is 1. The molecule has 3 N–H and O–H groups in total. The maximum absolute atomic E-state index is 12.3. The van der Waals surface area contributed by atoms with Crippen molar-refractivity contribution in [2.45, 2.75) is 25.9 Å². The third-order valence-electron chi connectivity index (χ3n) is 3.92. The summed E-state index contributed by atoms with van der Waals surface area (Å²) in [7, 11) is 0. The summed E-state index contributed by atoms with van der Waals surface area (Å²) in [4.78, 5) is 14.4. The van der Waals surface area contributed by atoms with Crippen LogP contribution in [-0.4, -0.2) is 18.5 Å². The second-order valence-electron chi connectivity index (χ2n) is 5.27. The molecule has 1 unspecified atom stereocenters. The highest BCUT2D eigenvalue weighted by molar-refractivity contribution is 5.87. The standard InChI is InChI=1S/C16H19N3O2/c1-11(16(20)18-10-13-5-3-9-21-13)19-8-7-12-4-2-6-14(17)15(12)19/h2-6,9,11H,7-8,10,17H2,1H3,(H,18,20). The van der Waals surface area contributed by atoms with E-state index in [0.717, 1.165) is 30.1 Å². The van der Waals surface area contributed by atoms with E-state index in [1.807, 2.05) is 31.2 Å². The number of nitrogens with one attached hydrogen (secondary N) is 1. The van der Waals surface area contributed by atoms with Crippen molar-refractivity contribution < 1.29 is 9.21 Å². The molecule has 0 fully saturated rings. The van der Waals surface area contributed by atoms with Crippen molar-refractivity contribution in [3.8, 4) is 0 Å². The number of furan rings is 1. The quantitative estimate of drug-likeness (QED) is 0.842. The van der Waals surface area contributed by atoms with Crippen LogP contribution in [-0.2, 0) is 17.8 Å². The van der Waals surface area contributed by atoms with Gasteiger partial charge in [0.1, 0.15) is 11.8 Å². The van der Waals surface area contributed by atoms with E-state index in [4.69, 9.17) is 10.2 Å². The van der Waals surface area contributed by atoms with E-state index >= 15 is 0 Å². The van der Waals surface area contributed by atoms with E-state index in [1.54, 1.807) is 6.26 Å². The van der Waals surface area contributed by atoms with Crippen molar-refractivity contribution in [3.05, 3.63) is 47.9 Å². The summed E-state index contributed by atoms with van der Waals surface area (Å²) in [6.07, 6.45) is 2.53. The number of carbonyl (C=O) groups is 1. The van der Waals surface area contributed by atoms with Crippen LogP contribution in [0.2, 0.25) is 0 Å². The van der Waals surface area contributed by atoms with Gasteiger partial charge in [-0.3, -0.25) is 4.79 Å². The fourth-order valence-corrected chi connectivity index (χ4v) is 2.78. The molecule has 1 aromatic heterocycles. The lowest BCUT2D eigenvalue weighted by Gasteiger charge is -2.27. The predicted molar refractivity (Wildman–Crippen MR) is 81.9 cm³/mol. The van der Waals surface area contributed by atoms with Gasteiger partial charge in [0.05, 0.1) is 24.2 Å². The maximum atomic E-state index is 12.3. The summed E-state index contributed by atoms with van der Waals surface area (Å²) in [5, 5.41) is 2.90. The summed E-state index contributed by atoms with van der Waals surface area (Å²) >= 11 is 0. The average molecular weight is 285 g/mol. The molecule has 1 aliphatic rings. The van der Waals surface area contributed by atoms with Gasteiger partial charge >= 0.3 is 0 Å². The molecule has 1 aromatic carbocycles. The first-order chi connectivity index (χ1) is 10.2. The molecule has 5 nitrogen and oxygen atoms in total. The van der Waals surface area contributed by atoms with Crippen LogP contribution in [0.5, 0.6) is 0 Å². The van der Waals surface area contributed by atoms with Gasteiger partial charge in [0.2, 0.25) is 5.91 Å². The summed E-state index contributed by atoms with van der Waals surface area (Å²) < 4.78 is 5.22. The molecule has 5 heteroatoms. The van der Waals surface area contributed by atoms with Crippen LogP contribution in [0.4, 0.5) is 11.4 Å². The summed E-state index contributed by atoms with van der Waals surface area (Å²) in [5.74, 6) is 0.722. The summed E-state index contributed by atoms with van der Waals surface area (Å²) in [5.41, 5.74) is 9.00. The Balaban J connectivity index is 1.69. The molecular formula is C16H19N3O2. The predicted octanol–water partition coefficient (Wildman–Crippen LogP) is 1.93. The molecule has 3 rings (SSSR count). The Bertz CT molecular complexity index is 637. The Kier molecular flexibility index (Phi) is 3.56. The van der Waals surface area contributed by atoms with Crippen molar-refractivity contribution in [1.29, 1.82) is 0 Å². The zero-order valence-electron chi connectivity index (χ0n) is 12.0. The fourth-order valence-electron chi connectivity index (χ4n) is 2.78. The topological polar surface area (TPSA) is 71.5 Å². The van der Waals surface area contributed by atoms with Crippen LogP contribution in [0, 0.1) is 0 Å². The second kappa shape index (κ2) is 5.52. The lowest BCUT2D eigenvalue weighted by molar-refractivity contribution is -0.122. The van der Waals surface area contributed by atoms with E-state index in [0.29, 0.717) is 6.54 Å². The smallest absolute Gasteiger partial charge is 0.242 e. The van der Waals surface area contributed by atoms with Gasteiger partial charge in [-0.15, -0.1) is 0 Å². The van der Waals surface area contributed by atoms with E-state index < -0.39 is 0 Å². The molecule has 1 atom stereocenters. The number of benzene rings is 1. The van der Waals surface area contributed by atoms with Gasteiger partial charge in [-0.05, 0) is 37.1 Å². The minimum absolute atomic E-state index is 0.0255. The Hall–Kier alpha value is -2.43. The number of nitrogen functional groups attached to an aromatic ring is 1. The first kappa shape index (κ1) is 13.5. The molecule has 0 aliphatic carbocycles. The number of para-hydroxylation sites is 1. The Morgan fingerprint density at radius 1 is 1.43 bits per heavy atom. The number of fused-ring (bicyclic) bond motifs is 1. The normalized spacial score (nSPS) is 14.8. The number of nitrogens with zero attached hydrogens (tertiary/aromatic N) is 1. The first-order valence-corrected chi connectivity index (χ1v) is 7.11. The Labute approximate surface area is 123 Å². The molecular weight excluding hydrogens is 266 g/mol. The summed E-state index contributed by atoms with van der Waals surface area (Å²) in [6.45, 7) is 3.12. The Morgan fingerprint density at radius 3 is 3.05 bits per heavy atom. The molecule has 0 saturated heterocycles. The Morgan fingerprint density at radius 2 is 2.29 bits per heavy atom. The van der Waals surface area contributed by atoms with Crippen LogP contribution < -0.4 is 16.0 Å². The van der Waals surface area contributed by atoms with Crippen molar-refractivity contribution in [2.75, 3.05) is 17.2 Å². The summed E-state index contributed by atoms with van der Waals surface area (Å²) in [6, 6.07) is 9.30. The van der Waals surface area contributed by atoms with E-state index in [1.165, 1.54) is 5.56 Å². The molecule has 2 heterocycles. The zero-order chi connectivity index (χ0) is 14.8. The van der Waals surface area contributed by atoms with Gasteiger partial charge in [-0.1, -0.05) is 12.1 Å². The van der Waals surface area contributed by atoms with E-state index in [2.05, 4.69) is 16.3 Å². The molecule has 110 valence electrons. The van der Waals surface area contributed by atoms with Crippen molar-refractivity contribution in [2.24, 2.45) is 0 Å². The van der Waals surface area contributed by atoms with Gasteiger partial charge in [0.25, 0.3) is 0 Å². The SMILES string of the molecule is CC(C(=O)NCc1ccco1)N1CCc2cccc(N)c21. The van der Waals surface area contributed by atoms with Crippen LogP contribution in [0.15, 0.2) is 41.0 Å². The fraction of sp³-hybridized carbons (Fsp3) is 0.312. The van der Waals surface area contributed by atoms with Gasteiger partial charge in [-0.25, -0.2) is 0 Å². The number of nitrogens with two attached hydrogens (primary N) is 1. The van der Waals surface area contributed by atoms with Gasteiger partial charge in [0.15, 0.2) is 0 Å². The maximum Gasteiger partial charge on any atom is 0.242 e. The zero-order valence-corrected chi connectivity index (χ0v) is 12.0. The number of amides is 1. The number of hydrogen-bond donors (Lipinski definition) is 2. The molecule has 1 aliphatic heterocycles. The third kappa shape index (κ3) is 2.59. The molecule has 2 aromatic rings. The third-order valence-corrected chi connectivity index (χ3v) is 3.92. The molecule has 1 amide bonds. The lowest BCUT2D eigenvalue weighted by atomic mass is 10.1. The molecule has 0 radical (unpaired) electrons. The van der Waals surface area contributed by atoms with Gasteiger partial charge < -0.3 is 20.4 Å². The average Bonchev–Trinajstić information content (AvgIpc) is 3.13. The van der Waals surface area contributed by atoms with Crippen molar-refractivity contribution in [1.82, 2.24) is 5.32 Å². The highest BCUT2D eigenvalue weighted by Gasteiger charge is 2.29. The van der Waals surface area contributed by atoms with E-state index in [-0.39, 0.29) is 11.9 Å². The number of hydrogen-bond acceptors (Lipinski definition) is 4. The first-order valence-electron chi connectivity index (χ1n) is 7.11. The number of anilines is 2. The molecule has 0 saturated carbocycles. The highest BCUT2D eigenvalue weighted by Crippen LogP contribution is 2.34. The van der Waals surface area contributed by atoms with Crippen molar-refractivity contribution >= 4 is 17.3 Å². The largest absolute Gasteiger partial charge is 0.467 e. The lowest BCUT2D eigenvalue weighted by Crippen LogP contribution is -2.44. The van der Waals surface area contributed by atoms with Gasteiger partial charge in [-0.2, -0.15) is 0 Å². The molecule has 0 spiro atoms. The van der Waals surface area contributed by atoms with Crippen molar-refractivity contribution in [3.63, 3.8) is 0 Å². The molecule has 21 heavy (non-hydrogen) atoms. The van der Waals surface area contributed by atoms with Crippen LogP contribution in [0.3, 0.4) is 0 Å². The van der Waals surface area contributed by atoms with Crippen LogP contribution in [0.1, 0.15) is 18.2 Å². The monoisotopic (exact) mass is 285 g/mol. The van der Waals surface area contributed by atoms with Crippen LogP contribution in [0.25, 0.3) is 0 Å². The van der Waals surface area contributed by atoms with Crippen LogP contribution >= 0.6 is 0 Å². The molecule has 0 bridgehead atoms. The second-order valence-corrected chi connectivity index (χ2v) is 5.27. The minimum atomic E-state index is -0.258. The highest BCUT2D eigenvalue weighted by atomic mass is 16.3. The minimum Gasteiger partial charge on any atom is -0.467 e. The number of rotatable bonds is 4. The van der Waals surface area contributed by atoms with E-state index in [9.17, 15) is 4.79 Å². The van der Waals surface area contributed by atoms with Gasteiger partial charge in [0, 0.05) is 6.54 Å².